The highest BCUT2D eigenvalue weighted by Gasteiger charge is 2.28. The first-order valence-corrected chi connectivity index (χ1v) is 7.55. The zero-order valence-electron chi connectivity index (χ0n) is 13.9. The molecular formula is C17H23N3O3. The summed E-state index contributed by atoms with van der Waals surface area (Å²) in [5.41, 5.74) is 1.39. The zero-order valence-corrected chi connectivity index (χ0v) is 13.9. The molecule has 0 fully saturated rings. The van der Waals surface area contributed by atoms with Crippen LogP contribution in [0.15, 0.2) is 36.7 Å². The molecule has 2 rings (SSSR count). The number of rotatable bonds is 7. The van der Waals surface area contributed by atoms with Gasteiger partial charge in [0.05, 0.1) is 12.8 Å². The Morgan fingerprint density at radius 3 is 2.70 bits per heavy atom. The average molecular weight is 317 g/mol. The number of aromatic nitrogens is 2. The highest BCUT2D eigenvalue weighted by molar-refractivity contribution is 5.77. The SMILES string of the molecule is COc1ccc([C@H](C(=O)O)N(C)CC(C)C)c(-n2cccn2)c1. The lowest BCUT2D eigenvalue weighted by molar-refractivity contribution is -0.143. The molecule has 1 N–H and O–H groups in total. The van der Waals surface area contributed by atoms with Gasteiger partial charge in [0.25, 0.3) is 0 Å². The smallest absolute Gasteiger partial charge is 0.325 e. The van der Waals surface area contributed by atoms with Gasteiger partial charge in [-0.05, 0) is 25.1 Å². The number of nitrogens with zero attached hydrogens (tertiary/aromatic N) is 3. The Morgan fingerprint density at radius 1 is 1.43 bits per heavy atom. The Balaban J connectivity index is 2.52. The van der Waals surface area contributed by atoms with Gasteiger partial charge in [0.1, 0.15) is 11.8 Å². The Hall–Kier alpha value is -2.34. The fraction of sp³-hybridized carbons (Fsp3) is 0.412. The van der Waals surface area contributed by atoms with Crippen molar-refractivity contribution in [3.05, 3.63) is 42.2 Å². The van der Waals surface area contributed by atoms with E-state index in [9.17, 15) is 9.90 Å². The van der Waals surface area contributed by atoms with E-state index < -0.39 is 12.0 Å². The third-order valence-corrected chi connectivity index (χ3v) is 3.61. The molecule has 1 atom stereocenters. The van der Waals surface area contributed by atoms with Crippen molar-refractivity contribution in [2.24, 2.45) is 5.92 Å². The predicted octanol–water partition coefficient (Wildman–Crippen LogP) is 2.59. The van der Waals surface area contributed by atoms with Gasteiger partial charge in [0.15, 0.2) is 0 Å². The van der Waals surface area contributed by atoms with Crippen molar-refractivity contribution in [3.8, 4) is 11.4 Å². The maximum atomic E-state index is 11.9. The molecule has 0 bridgehead atoms. The van der Waals surface area contributed by atoms with Crippen LogP contribution in [0.4, 0.5) is 0 Å². The molecule has 0 saturated heterocycles. The van der Waals surface area contributed by atoms with Gasteiger partial charge in [-0.25, -0.2) is 4.68 Å². The predicted molar refractivity (Wildman–Crippen MR) is 88.0 cm³/mol. The molecule has 0 amide bonds. The number of ether oxygens (including phenoxy) is 1. The third-order valence-electron chi connectivity index (χ3n) is 3.61. The number of benzene rings is 1. The molecule has 2 aromatic rings. The van der Waals surface area contributed by atoms with Gasteiger partial charge in [-0.1, -0.05) is 19.9 Å². The van der Waals surface area contributed by atoms with Crippen LogP contribution in [-0.4, -0.2) is 46.5 Å². The molecule has 6 heteroatoms. The van der Waals surface area contributed by atoms with Gasteiger partial charge in [-0.15, -0.1) is 0 Å². The Labute approximate surface area is 136 Å². The number of hydrogen-bond donors (Lipinski definition) is 1. The van der Waals surface area contributed by atoms with Gasteiger partial charge < -0.3 is 9.84 Å². The molecule has 0 saturated carbocycles. The monoisotopic (exact) mass is 317 g/mol. The van der Waals surface area contributed by atoms with Crippen LogP contribution in [0.1, 0.15) is 25.5 Å². The summed E-state index contributed by atoms with van der Waals surface area (Å²) in [5.74, 6) is 0.148. The highest BCUT2D eigenvalue weighted by Crippen LogP contribution is 2.29. The number of carbonyl (C=O) groups is 1. The molecular weight excluding hydrogens is 294 g/mol. The molecule has 6 nitrogen and oxygen atoms in total. The molecule has 0 aliphatic heterocycles. The van der Waals surface area contributed by atoms with Gasteiger partial charge >= 0.3 is 5.97 Å². The molecule has 0 unspecified atom stereocenters. The lowest BCUT2D eigenvalue weighted by atomic mass is 10.0. The number of carboxylic acid groups (broad SMARTS) is 1. The molecule has 0 aliphatic rings. The number of aliphatic carboxylic acids is 1. The van der Waals surface area contributed by atoms with E-state index in [4.69, 9.17) is 4.74 Å². The van der Waals surface area contributed by atoms with E-state index >= 15 is 0 Å². The normalized spacial score (nSPS) is 12.6. The minimum atomic E-state index is -0.883. The van der Waals surface area contributed by atoms with Crippen molar-refractivity contribution in [2.75, 3.05) is 20.7 Å². The van der Waals surface area contributed by atoms with Crippen LogP contribution in [0.2, 0.25) is 0 Å². The summed E-state index contributed by atoms with van der Waals surface area (Å²) in [7, 11) is 3.41. The fourth-order valence-corrected chi connectivity index (χ4v) is 2.73. The van der Waals surface area contributed by atoms with E-state index in [-0.39, 0.29) is 0 Å². The molecule has 0 radical (unpaired) electrons. The number of likely N-dealkylation sites (N-methyl/N-ethyl adjacent to an activating group) is 1. The summed E-state index contributed by atoms with van der Waals surface area (Å²) in [6.07, 6.45) is 3.45. The lowest BCUT2D eigenvalue weighted by Gasteiger charge is -2.28. The van der Waals surface area contributed by atoms with Crippen molar-refractivity contribution < 1.29 is 14.6 Å². The number of carboxylic acids is 1. The van der Waals surface area contributed by atoms with Crippen molar-refractivity contribution in [1.82, 2.24) is 14.7 Å². The van der Waals surface area contributed by atoms with E-state index in [0.717, 1.165) is 0 Å². The fourth-order valence-electron chi connectivity index (χ4n) is 2.73. The third kappa shape index (κ3) is 3.90. The second-order valence-corrected chi connectivity index (χ2v) is 5.95. The molecule has 0 spiro atoms. The van der Waals surface area contributed by atoms with Crippen LogP contribution >= 0.6 is 0 Å². The summed E-state index contributed by atoms with van der Waals surface area (Å²) in [4.78, 5) is 13.7. The Morgan fingerprint density at radius 2 is 2.17 bits per heavy atom. The summed E-state index contributed by atoms with van der Waals surface area (Å²) in [6, 6.07) is 6.44. The van der Waals surface area contributed by atoms with Gasteiger partial charge in [-0.2, -0.15) is 5.10 Å². The molecule has 23 heavy (non-hydrogen) atoms. The van der Waals surface area contributed by atoms with E-state index in [2.05, 4.69) is 18.9 Å². The molecule has 1 aromatic heterocycles. The van der Waals surface area contributed by atoms with Crippen LogP contribution in [0.3, 0.4) is 0 Å². The van der Waals surface area contributed by atoms with Gasteiger partial charge in [-0.3, -0.25) is 9.69 Å². The van der Waals surface area contributed by atoms with Crippen LogP contribution < -0.4 is 4.74 Å². The van der Waals surface area contributed by atoms with Crippen molar-refractivity contribution in [1.29, 1.82) is 0 Å². The van der Waals surface area contributed by atoms with Crippen molar-refractivity contribution in [3.63, 3.8) is 0 Å². The molecule has 1 aromatic carbocycles. The van der Waals surface area contributed by atoms with Gasteiger partial charge in [0, 0.05) is 30.6 Å². The molecule has 124 valence electrons. The van der Waals surface area contributed by atoms with Crippen LogP contribution in [0.25, 0.3) is 5.69 Å². The first kappa shape index (κ1) is 17.0. The largest absolute Gasteiger partial charge is 0.497 e. The Bertz CT molecular complexity index is 653. The number of hydrogen-bond acceptors (Lipinski definition) is 4. The van der Waals surface area contributed by atoms with E-state index in [1.165, 1.54) is 0 Å². The quantitative estimate of drug-likeness (QED) is 0.850. The topological polar surface area (TPSA) is 67.6 Å². The van der Waals surface area contributed by atoms with Crippen LogP contribution in [-0.2, 0) is 4.79 Å². The second-order valence-electron chi connectivity index (χ2n) is 5.95. The van der Waals surface area contributed by atoms with Crippen molar-refractivity contribution in [2.45, 2.75) is 19.9 Å². The molecule has 0 aliphatic carbocycles. The van der Waals surface area contributed by atoms with Crippen molar-refractivity contribution >= 4 is 5.97 Å². The number of methoxy groups -OCH3 is 1. The maximum absolute atomic E-state index is 11.9. The summed E-state index contributed by atoms with van der Waals surface area (Å²) in [6.45, 7) is 4.82. The summed E-state index contributed by atoms with van der Waals surface area (Å²) in [5, 5.41) is 14.0. The zero-order chi connectivity index (χ0) is 17.0. The molecule has 1 heterocycles. The summed E-state index contributed by atoms with van der Waals surface area (Å²) >= 11 is 0. The first-order chi connectivity index (χ1) is 10.9. The van der Waals surface area contributed by atoms with E-state index in [0.29, 0.717) is 29.5 Å². The Kier molecular flexibility index (Phi) is 5.39. The van der Waals surface area contributed by atoms with Gasteiger partial charge in [0.2, 0.25) is 0 Å². The first-order valence-electron chi connectivity index (χ1n) is 7.55. The highest BCUT2D eigenvalue weighted by atomic mass is 16.5. The van der Waals surface area contributed by atoms with E-state index in [1.54, 1.807) is 42.4 Å². The van der Waals surface area contributed by atoms with Crippen LogP contribution in [0.5, 0.6) is 5.75 Å². The minimum Gasteiger partial charge on any atom is -0.497 e. The van der Waals surface area contributed by atoms with E-state index in [1.807, 2.05) is 18.0 Å². The second kappa shape index (κ2) is 7.28. The summed E-state index contributed by atoms with van der Waals surface area (Å²) < 4.78 is 6.93. The average Bonchev–Trinajstić information content (AvgIpc) is 3.00. The van der Waals surface area contributed by atoms with Crippen LogP contribution in [0, 0.1) is 5.92 Å². The lowest BCUT2D eigenvalue weighted by Crippen LogP contribution is -2.34. The minimum absolute atomic E-state index is 0.369. The standard InChI is InChI=1S/C17H23N3O3/c1-12(2)11-19(3)16(17(21)22)14-7-6-13(23-4)10-15(14)20-9-5-8-18-20/h5-10,12,16H,11H2,1-4H3,(H,21,22)/t16-/m1/s1. The maximum Gasteiger partial charge on any atom is 0.325 e.